The molecule has 1 aliphatic heterocycles. The summed E-state index contributed by atoms with van der Waals surface area (Å²) < 4.78 is 0. The van der Waals surface area contributed by atoms with Gasteiger partial charge in [0.25, 0.3) is 0 Å². The van der Waals surface area contributed by atoms with Gasteiger partial charge >= 0.3 is 0 Å². The molecule has 2 fully saturated rings. The van der Waals surface area contributed by atoms with E-state index in [0.29, 0.717) is 0 Å². The first kappa shape index (κ1) is 13.4. The van der Waals surface area contributed by atoms with Crippen LogP contribution in [0.5, 0.6) is 0 Å². The summed E-state index contributed by atoms with van der Waals surface area (Å²) >= 11 is 0. The number of nitrogens with one attached hydrogen (secondary N) is 1. The van der Waals surface area contributed by atoms with Crippen molar-refractivity contribution in [2.24, 2.45) is 5.92 Å². The monoisotopic (exact) mass is 238 g/mol. The molecule has 0 radical (unpaired) electrons. The van der Waals surface area contributed by atoms with Crippen molar-refractivity contribution in [1.82, 2.24) is 10.2 Å². The first-order chi connectivity index (χ1) is 8.36. The van der Waals surface area contributed by atoms with E-state index in [1.807, 2.05) is 0 Å². The van der Waals surface area contributed by atoms with Crippen LogP contribution in [0.3, 0.4) is 0 Å². The molecule has 2 heteroatoms. The number of hydrogen-bond donors (Lipinski definition) is 1. The predicted octanol–water partition coefficient (Wildman–Crippen LogP) is 3.03. The predicted molar refractivity (Wildman–Crippen MR) is 74.3 cm³/mol. The third-order valence-electron chi connectivity index (χ3n) is 4.82. The molecule has 100 valence electrons. The molecule has 0 aromatic rings. The minimum absolute atomic E-state index is 0.788. The Hall–Kier alpha value is -0.0800. The van der Waals surface area contributed by atoms with Gasteiger partial charge in [0.15, 0.2) is 0 Å². The van der Waals surface area contributed by atoms with Crippen LogP contribution in [0.4, 0.5) is 0 Å². The SMILES string of the molecule is CCCC(CNC)N1CCC[C@H]2CCCC[C@H]21. The van der Waals surface area contributed by atoms with Gasteiger partial charge in [-0.05, 0) is 51.6 Å². The molecular weight excluding hydrogens is 208 g/mol. The highest BCUT2D eigenvalue weighted by Gasteiger charge is 2.35. The van der Waals surface area contributed by atoms with Crippen molar-refractivity contribution >= 4 is 0 Å². The highest BCUT2D eigenvalue weighted by atomic mass is 15.2. The Morgan fingerprint density at radius 3 is 2.71 bits per heavy atom. The van der Waals surface area contributed by atoms with E-state index in [1.165, 1.54) is 64.5 Å². The van der Waals surface area contributed by atoms with Crippen molar-refractivity contribution in [1.29, 1.82) is 0 Å². The van der Waals surface area contributed by atoms with Crippen molar-refractivity contribution in [3.05, 3.63) is 0 Å². The highest BCUT2D eigenvalue weighted by Crippen LogP contribution is 2.36. The van der Waals surface area contributed by atoms with Crippen molar-refractivity contribution in [3.63, 3.8) is 0 Å². The van der Waals surface area contributed by atoms with E-state index in [0.717, 1.165) is 18.0 Å². The van der Waals surface area contributed by atoms with Crippen LogP contribution in [0.2, 0.25) is 0 Å². The van der Waals surface area contributed by atoms with Crippen molar-refractivity contribution in [2.45, 2.75) is 70.4 Å². The fraction of sp³-hybridized carbons (Fsp3) is 1.00. The molecule has 17 heavy (non-hydrogen) atoms. The molecular formula is C15H30N2. The molecule has 1 N–H and O–H groups in total. The van der Waals surface area contributed by atoms with E-state index in [-0.39, 0.29) is 0 Å². The number of rotatable bonds is 5. The average molecular weight is 238 g/mol. The van der Waals surface area contributed by atoms with Gasteiger partial charge in [-0.3, -0.25) is 4.90 Å². The molecule has 0 aromatic heterocycles. The first-order valence-electron chi connectivity index (χ1n) is 7.77. The Morgan fingerprint density at radius 2 is 1.94 bits per heavy atom. The van der Waals surface area contributed by atoms with Gasteiger partial charge in [0.05, 0.1) is 0 Å². The zero-order valence-electron chi connectivity index (χ0n) is 11.8. The van der Waals surface area contributed by atoms with E-state index >= 15 is 0 Å². The van der Waals surface area contributed by atoms with Gasteiger partial charge < -0.3 is 5.32 Å². The van der Waals surface area contributed by atoms with Gasteiger partial charge in [0.1, 0.15) is 0 Å². The largest absolute Gasteiger partial charge is 0.318 e. The molecule has 0 bridgehead atoms. The van der Waals surface area contributed by atoms with Crippen molar-refractivity contribution in [3.8, 4) is 0 Å². The lowest BCUT2D eigenvalue weighted by Crippen LogP contribution is -2.54. The second-order valence-corrected chi connectivity index (χ2v) is 5.99. The Balaban J connectivity index is 1.99. The smallest absolute Gasteiger partial charge is 0.0223 e. The molecule has 1 saturated heterocycles. The second kappa shape index (κ2) is 6.75. The molecule has 1 saturated carbocycles. The van der Waals surface area contributed by atoms with Crippen LogP contribution >= 0.6 is 0 Å². The molecule has 1 heterocycles. The number of nitrogens with zero attached hydrogens (tertiary/aromatic N) is 1. The van der Waals surface area contributed by atoms with Crippen LogP contribution in [-0.4, -0.2) is 37.1 Å². The summed E-state index contributed by atoms with van der Waals surface area (Å²) in [6, 6.07) is 1.71. The standard InChI is InChI=1S/C15H30N2/c1-3-7-14(12-16-2)17-11-6-9-13-8-4-5-10-15(13)17/h13-16H,3-12H2,1-2H3/t13-,14?,15-/m1/s1. The summed E-state index contributed by atoms with van der Waals surface area (Å²) in [5.41, 5.74) is 0. The summed E-state index contributed by atoms with van der Waals surface area (Å²) in [6.07, 6.45) is 11.5. The Kier molecular flexibility index (Phi) is 5.30. The summed E-state index contributed by atoms with van der Waals surface area (Å²) in [6.45, 7) is 4.86. The topological polar surface area (TPSA) is 15.3 Å². The van der Waals surface area contributed by atoms with Gasteiger partial charge in [-0.15, -0.1) is 0 Å². The van der Waals surface area contributed by atoms with Crippen molar-refractivity contribution < 1.29 is 0 Å². The number of likely N-dealkylation sites (N-methyl/N-ethyl adjacent to an activating group) is 1. The summed E-state index contributed by atoms with van der Waals surface area (Å²) in [5, 5.41) is 3.40. The summed E-state index contributed by atoms with van der Waals surface area (Å²) in [4.78, 5) is 2.87. The molecule has 1 unspecified atom stereocenters. The lowest BCUT2D eigenvalue weighted by molar-refractivity contribution is 0.0231. The second-order valence-electron chi connectivity index (χ2n) is 5.99. The maximum absolute atomic E-state index is 3.40. The van der Waals surface area contributed by atoms with E-state index in [9.17, 15) is 0 Å². The van der Waals surface area contributed by atoms with Crippen LogP contribution in [0, 0.1) is 5.92 Å². The fourth-order valence-electron chi connectivity index (χ4n) is 4.07. The molecule has 0 amide bonds. The van der Waals surface area contributed by atoms with Crippen molar-refractivity contribution in [2.75, 3.05) is 20.1 Å². The first-order valence-corrected chi connectivity index (χ1v) is 7.77. The molecule has 1 aliphatic carbocycles. The maximum Gasteiger partial charge on any atom is 0.0223 e. The zero-order valence-corrected chi connectivity index (χ0v) is 11.8. The van der Waals surface area contributed by atoms with Crippen LogP contribution < -0.4 is 5.32 Å². The van der Waals surface area contributed by atoms with Gasteiger partial charge in [0, 0.05) is 18.6 Å². The van der Waals surface area contributed by atoms with Gasteiger partial charge in [-0.25, -0.2) is 0 Å². The van der Waals surface area contributed by atoms with Crippen LogP contribution in [0.25, 0.3) is 0 Å². The number of piperidine rings is 1. The van der Waals surface area contributed by atoms with E-state index in [1.54, 1.807) is 0 Å². The lowest BCUT2D eigenvalue weighted by Gasteiger charge is -2.47. The van der Waals surface area contributed by atoms with Gasteiger partial charge in [-0.2, -0.15) is 0 Å². The van der Waals surface area contributed by atoms with Crippen LogP contribution in [-0.2, 0) is 0 Å². The normalized spacial score (nSPS) is 32.1. The van der Waals surface area contributed by atoms with Crippen LogP contribution in [0.15, 0.2) is 0 Å². The molecule has 2 rings (SSSR count). The molecule has 0 spiro atoms. The molecule has 2 nitrogen and oxygen atoms in total. The summed E-state index contributed by atoms with van der Waals surface area (Å²) in [5.74, 6) is 1.02. The minimum Gasteiger partial charge on any atom is -0.318 e. The number of likely N-dealkylation sites (tertiary alicyclic amines) is 1. The zero-order chi connectivity index (χ0) is 12.1. The number of fused-ring (bicyclic) bond motifs is 1. The van der Waals surface area contributed by atoms with E-state index in [4.69, 9.17) is 0 Å². The molecule has 0 aromatic carbocycles. The van der Waals surface area contributed by atoms with Gasteiger partial charge in [-0.1, -0.05) is 26.2 Å². The fourth-order valence-corrected chi connectivity index (χ4v) is 4.07. The Morgan fingerprint density at radius 1 is 1.18 bits per heavy atom. The molecule has 3 atom stereocenters. The highest BCUT2D eigenvalue weighted by molar-refractivity contribution is 4.90. The third-order valence-corrected chi connectivity index (χ3v) is 4.82. The minimum atomic E-state index is 0.788. The molecule has 2 aliphatic rings. The summed E-state index contributed by atoms with van der Waals surface area (Å²) in [7, 11) is 2.10. The van der Waals surface area contributed by atoms with Gasteiger partial charge in [0.2, 0.25) is 0 Å². The number of hydrogen-bond acceptors (Lipinski definition) is 2. The third kappa shape index (κ3) is 3.23. The van der Waals surface area contributed by atoms with Crippen LogP contribution in [0.1, 0.15) is 58.3 Å². The lowest BCUT2D eigenvalue weighted by atomic mass is 9.77. The quantitative estimate of drug-likeness (QED) is 0.792. The Labute approximate surface area is 107 Å². The maximum atomic E-state index is 3.40. The van der Waals surface area contributed by atoms with E-state index in [2.05, 4.69) is 24.2 Å². The average Bonchev–Trinajstić information content (AvgIpc) is 2.38. The Bertz CT molecular complexity index is 209. The van der Waals surface area contributed by atoms with E-state index < -0.39 is 0 Å².